The average Bonchev–Trinajstić information content (AvgIpc) is 2.50. The first kappa shape index (κ1) is 14.6. The van der Waals surface area contributed by atoms with Crippen molar-refractivity contribution in [2.45, 2.75) is 44.6 Å². The van der Waals surface area contributed by atoms with Crippen LogP contribution in [0.3, 0.4) is 0 Å². The van der Waals surface area contributed by atoms with Gasteiger partial charge in [-0.15, -0.1) is 0 Å². The Bertz CT molecular complexity index is 492. The van der Waals surface area contributed by atoms with Crippen LogP contribution in [0.15, 0.2) is 24.3 Å². The van der Waals surface area contributed by atoms with Crippen molar-refractivity contribution in [3.05, 3.63) is 35.4 Å². The van der Waals surface area contributed by atoms with Crippen LogP contribution in [0, 0.1) is 5.92 Å². The Morgan fingerprint density at radius 1 is 1.24 bits per heavy atom. The second-order valence-corrected chi connectivity index (χ2v) is 6.66. The minimum absolute atomic E-state index is 0.230. The number of carbonyl (C=O) groups is 1. The minimum Gasteiger partial charge on any atom is -0.349 e. The molecule has 114 valence electrons. The third kappa shape index (κ3) is 3.65. The lowest BCUT2D eigenvalue weighted by Gasteiger charge is -2.30. The lowest BCUT2D eigenvalue weighted by Crippen LogP contribution is -2.35. The fraction of sp³-hybridized carbons (Fsp3) is 0.611. The lowest BCUT2D eigenvalue weighted by molar-refractivity contribution is -0.123. The van der Waals surface area contributed by atoms with Gasteiger partial charge in [0, 0.05) is 6.42 Å². The SMILES string of the molecule is CN1CCC(CC(=O)NC2CCCc3ccccc32)CC1. The fourth-order valence-corrected chi connectivity index (χ4v) is 3.69. The first-order valence-corrected chi connectivity index (χ1v) is 8.28. The zero-order chi connectivity index (χ0) is 14.7. The molecule has 1 saturated heterocycles. The topological polar surface area (TPSA) is 32.3 Å². The number of fused-ring (bicyclic) bond motifs is 1. The first-order valence-electron chi connectivity index (χ1n) is 8.28. The first-order chi connectivity index (χ1) is 10.2. The number of benzene rings is 1. The zero-order valence-corrected chi connectivity index (χ0v) is 13.0. The smallest absolute Gasteiger partial charge is 0.220 e. The highest BCUT2D eigenvalue weighted by Gasteiger charge is 2.24. The van der Waals surface area contributed by atoms with Crippen LogP contribution in [0.25, 0.3) is 0 Å². The molecule has 1 aromatic rings. The molecule has 1 aliphatic heterocycles. The van der Waals surface area contributed by atoms with E-state index in [1.165, 1.54) is 17.5 Å². The summed E-state index contributed by atoms with van der Waals surface area (Å²) in [6, 6.07) is 8.79. The number of nitrogens with one attached hydrogen (secondary N) is 1. The van der Waals surface area contributed by atoms with Crippen LogP contribution in [0.2, 0.25) is 0 Å². The molecule has 1 aromatic carbocycles. The summed E-state index contributed by atoms with van der Waals surface area (Å²) < 4.78 is 0. The van der Waals surface area contributed by atoms with Gasteiger partial charge in [-0.2, -0.15) is 0 Å². The standard InChI is InChI=1S/C18H26N2O/c1-20-11-9-14(10-12-20)13-18(21)19-17-8-4-6-15-5-2-3-7-16(15)17/h2-3,5,7,14,17H,4,6,8-13H2,1H3,(H,19,21). The van der Waals surface area contributed by atoms with Gasteiger partial charge in [-0.25, -0.2) is 0 Å². The third-order valence-electron chi connectivity index (χ3n) is 5.02. The van der Waals surface area contributed by atoms with Gasteiger partial charge in [0.05, 0.1) is 6.04 Å². The predicted molar refractivity (Wildman–Crippen MR) is 85.1 cm³/mol. The van der Waals surface area contributed by atoms with Gasteiger partial charge >= 0.3 is 0 Å². The van der Waals surface area contributed by atoms with Crippen LogP contribution in [-0.2, 0) is 11.2 Å². The number of likely N-dealkylation sites (tertiary alicyclic amines) is 1. The predicted octanol–water partition coefficient (Wildman–Crippen LogP) is 2.91. The van der Waals surface area contributed by atoms with Crippen molar-refractivity contribution in [3.63, 3.8) is 0 Å². The van der Waals surface area contributed by atoms with Crippen LogP contribution in [0.1, 0.15) is 49.3 Å². The van der Waals surface area contributed by atoms with Gasteiger partial charge in [-0.3, -0.25) is 4.79 Å². The van der Waals surface area contributed by atoms with Crippen LogP contribution in [0.5, 0.6) is 0 Å². The highest BCUT2D eigenvalue weighted by molar-refractivity contribution is 5.76. The van der Waals surface area contributed by atoms with E-state index in [1.807, 2.05) is 0 Å². The quantitative estimate of drug-likeness (QED) is 0.926. The largest absolute Gasteiger partial charge is 0.349 e. The Kier molecular flexibility index (Phi) is 4.59. The summed E-state index contributed by atoms with van der Waals surface area (Å²) in [5.41, 5.74) is 2.74. The van der Waals surface area contributed by atoms with E-state index in [1.54, 1.807) is 0 Å². The molecule has 1 amide bonds. The van der Waals surface area contributed by atoms with Gasteiger partial charge in [-0.05, 0) is 69.3 Å². The molecule has 1 heterocycles. The van der Waals surface area contributed by atoms with Gasteiger partial charge in [-0.1, -0.05) is 24.3 Å². The van der Waals surface area contributed by atoms with Crippen molar-refractivity contribution in [1.82, 2.24) is 10.2 Å². The van der Waals surface area contributed by atoms with Gasteiger partial charge in [0.25, 0.3) is 0 Å². The molecule has 1 unspecified atom stereocenters. The van der Waals surface area contributed by atoms with Crippen LogP contribution in [-0.4, -0.2) is 30.9 Å². The molecular weight excluding hydrogens is 260 g/mol. The summed E-state index contributed by atoms with van der Waals surface area (Å²) in [7, 11) is 2.16. The van der Waals surface area contributed by atoms with Crippen LogP contribution >= 0.6 is 0 Å². The number of aryl methyl sites for hydroxylation is 1. The number of carbonyl (C=O) groups excluding carboxylic acids is 1. The maximum absolute atomic E-state index is 12.3. The molecule has 1 aliphatic carbocycles. The zero-order valence-electron chi connectivity index (χ0n) is 13.0. The van der Waals surface area contributed by atoms with E-state index < -0.39 is 0 Å². The second-order valence-electron chi connectivity index (χ2n) is 6.66. The highest BCUT2D eigenvalue weighted by atomic mass is 16.1. The van der Waals surface area contributed by atoms with E-state index in [0.717, 1.165) is 38.8 Å². The van der Waals surface area contributed by atoms with E-state index in [4.69, 9.17) is 0 Å². The van der Waals surface area contributed by atoms with E-state index in [-0.39, 0.29) is 11.9 Å². The minimum atomic E-state index is 0.230. The summed E-state index contributed by atoms with van der Waals surface area (Å²) in [6.45, 7) is 2.26. The van der Waals surface area contributed by atoms with E-state index in [0.29, 0.717) is 12.3 Å². The third-order valence-corrected chi connectivity index (χ3v) is 5.02. The van der Waals surface area contributed by atoms with Crippen molar-refractivity contribution >= 4 is 5.91 Å². The fourth-order valence-electron chi connectivity index (χ4n) is 3.69. The van der Waals surface area contributed by atoms with Crippen molar-refractivity contribution in [2.24, 2.45) is 5.92 Å². The maximum atomic E-state index is 12.3. The number of nitrogens with zero attached hydrogens (tertiary/aromatic N) is 1. The average molecular weight is 286 g/mol. The molecule has 1 fully saturated rings. The molecule has 0 radical (unpaired) electrons. The van der Waals surface area contributed by atoms with E-state index in [2.05, 4.69) is 41.5 Å². The lowest BCUT2D eigenvalue weighted by atomic mass is 9.87. The van der Waals surface area contributed by atoms with Crippen LogP contribution < -0.4 is 5.32 Å². The number of hydrogen-bond donors (Lipinski definition) is 1. The van der Waals surface area contributed by atoms with E-state index in [9.17, 15) is 4.79 Å². The summed E-state index contributed by atoms with van der Waals surface area (Å²) in [6.07, 6.45) is 6.42. The van der Waals surface area contributed by atoms with Crippen molar-refractivity contribution in [2.75, 3.05) is 20.1 Å². The second kappa shape index (κ2) is 6.61. The number of amides is 1. The molecule has 0 bridgehead atoms. The van der Waals surface area contributed by atoms with E-state index >= 15 is 0 Å². The number of hydrogen-bond acceptors (Lipinski definition) is 2. The summed E-state index contributed by atoms with van der Waals surface area (Å²) in [5.74, 6) is 0.811. The van der Waals surface area contributed by atoms with Crippen molar-refractivity contribution in [1.29, 1.82) is 0 Å². The molecule has 3 rings (SSSR count). The molecule has 0 spiro atoms. The molecule has 0 aromatic heterocycles. The summed E-state index contributed by atoms with van der Waals surface area (Å²) in [4.78, 5) is 14.7. The molecule has 3 heteroatoms. The monoisotopic (exact) mass is 286 g/mol. The summed E-state index contributed by atoms with van der Waals surface area (Å²) >= 11 is 0. The van der Waals surface area contributed by atoms with Crippen LogP contribution in [0.4, 0.5) is 0 Å². The van der Waals surface area contributed by atoms with Gasteiger partial charge in [0.2, 0.25) is 5.91 Å². The van der Waals surface area contributed by atoms with Gasteiger partial charge in [0.15, 0.2) is 0 Å². The van der Waals surface area contributed by atoms with Crippen molar-refractivity contribution < 1.29 is 4.79 Å². The Labute approximate surface area is 127 Å². The Morgan fingerprint density at radius 2 is 2.00 bits per heavy atom. The summed E-state index contributed by atoms with van der Waals surface area (Å²) in [5, 5.41) is 3.28. The normalized spacial score (nSPS) is 23.6. The molecule has 1 N–H and O–H groups in total. The molecule has 2 aliphatic rings. The van der Waals surface area contributed by atoms with Crippen molar-refractivity contribution in [3.8, 4) is 0 Å². The molecule has 0 saturated carbocycles. The highest BCUT2D eigenvalue weighted by Crippen LogP contribution is 2.30. The van der Waals surface area contributed by atoms with Gasteiger partial charge in [0.1, 0.15) is 0 Å². The van der Waals surface area contributed by atoms with Gasteiger partial charge < -0.3 is 10.2 Å². The Morgan fingerprint density at radius 3 is 2.81 bits per heavy atom. The number of rotatable bonds is 3. The Hall–Kier alpha value is -1.35. The maximum Gasteiger partial charge on any atom is 0.220 e. The molecular formula is C18H26N2O. The Balaban J connectivity index is 1.56. The molecule has 3 nitrogen and oxygen atoms in total. The molecule has 21 heavy (non-hydrogen) atoms. The molecule has 1 atom stereocenters. The number of piperidine rings is 1.